The quantitative estimate of drug-likeness (QED) is 0.468. The van der Waals surface area contributed by atoms with Crippen molar-refractivity contribution in [1.29, 1.82) is 0 Å². The summed E-state index contributed by atoms with van der Waals surface area (Å²) in [6, 6.07) is 19.8. The number of nitrogens with one attached hydrogen (secondary N) is 1. The number of amides is 1. The Balaban J connectivity index is 1.63. The molecule has 0 aliphatic rings. The van der Waals surface area contributed by atoms with Crippen molar-refractivity contribution in [3.8, 4) is 17.0 Å². The zero-order valence-electron chi connectivity index (χ0n) is 16.1. The van der Waals surface area contributed by atoms with Gasteiger partial charge >= 0.3 is 6.36 Å². The number of nitrogens with zero attached hydrogens (tertiary/aromatic N) is 2. The van der Waals surface area contributed by atoms with Crippen molar-refractivity contribution in [2.75, 3.05) is 5.32 Å². The van der Waals surface area contributed by atoms with Gasteiger partial charge in [0, 0.05) is 17.1 Å². The SMILES string of the molecule is O=C(Cc1cccc2ccc(-c3cccc(OC(F)(F)F)c3)nc12)Nc1ccccn1. The van der Waals surface area contributed by atoms with Crippen molar-refractivity contribution >= 4 is 22.6 Å². The molecule has 4 aromatic rings. The minimum Gasteiger partial charge on any atom is -0.406 e. The van der Waals surface area contributed by atoms with Gasteiger partial charge in [-0.3, -0.25) is 4.79 Å². The molecular weight excluding hydrogens is 407 g/mol. The number of carbonyl (C=O) groups excluding carboxylic acids is 1. The highest BCUT2D eigenvalue weighted by Gasteiger charge is 2.31. The second-order valence-corrected chi connectivity index (χ2v) is 6.70. The van der Waals surface area contributed by atoms with Gasteiger partial charge in [-0.25, -0.2) is 9.97 Å². The molecule has 0 aliphatic carbocycles. The number of ether oxygens (including phenoxy) is 1. The number of anilines is 1. The van der Waals surface area contributed by atoms with Crippen LogP contribution in [0.2, 0.25) is 0 Å². The van der Waals surface area contributed by atoms with Crippen LogP contribution in [-0.4, -0.2) is 22.2 Å². The highest BCUT2D eigenvalue weighted by Crippen LogP contribution is 2.29. The van der Waals surface area contributed by atoms with E-state index in [2.05, 4.69) is 20.0 Å². The molecule has 0 radical (unpaired) electrons. The number of pyridine rings is 2. The van der Waals surface area contributed by atoms with Crippen LogP contribution in [0.25, 0.3) is 22.2 Å². The van der Waals surface area contributed by atoms with Crippen LogP contribution in [0, 0.1) is 0 Å². The molecule has 2 aromatic carbocycles. The zero-order chi connectivity index (χ0) is 21.8. The molecule has 0 bridgehead atoms. The molecule has 31 heavy (non-hydrogen) atoms. The monoisotopic (exact) mass is 423 g/mol. The van der Waals surface area contributed by atoms with Crippen molar-refractivity contribution in [3.05, 3.63) is 84.6 Å². The molecule has 0 unspecified atom stereocenters. The second-order valence-electron chi connectivity index (χ2n) is 6.70. The van der Waals surface area contributed by atoms with Crippen LogP contribution in [0.1, 0.15) is 5.56 Å². The van der Waals surface area contributed by atoms with E-state index in [4.69, 9.17) is 0 Å². The van der Waals surface area contributed by atoms with E-state index < -0.39 is 6.36 Å². The number of halogens is 3. The van der Waals surface area contributed by atoms with Crippen LogP contribution < -0.4 is 10.1 Å². The van der Waals surface area contributed by atoms with Crippen molar-refractivity contribution in [2.24, 2.45) is 0 Å². The summed E-state index contributed by atoms with van der Waals surface area (Å²) < 4.78 is 41.6. The Kier molecular flexibility index (Phi) is 5.53. The molecule has 2 aromatic heterocycles. The van der Waals surface area contributed by atoms with E-state index in [1.807, 2.05) is 18.2 Å². The van der Waals surface area contributed by atoms with Crippen LogP contribution in [0.4, 0.5) is 19.0 Å². The molecule has 1 amide bonds. The minimum absolute atomic E-state index is 0.0710. The first-order chi connectivity index (χ1) is 14.9. The van der Waals surface area contributed by atoms with E-state index in [0.29, 0.717) is 28.2 Å². The van der Waals surface area contributed by atoms with Crippen LogP contribution in [0.15, 0.2) is 79.0 Å². The lowest BCUT2D eigenvalue weighted by Gasteiger charge is -2.11. The van der Waals surface area contributed by atoms with E-state index in [-0.39, 0.29) is 18.1 Å². The molecule has 2 heterocycles. The lowest BCUT2D eigenvalue weighted by atomic mass is 10.0. The topological polar surface area (TPSA) is 64.1 Å². The number of fused-ring (bicyclic) bond motifs is 1. The fraction of sp³-hybridized carbons (Fsp3) is 0.0870. The third kappa shape index (κ3) is 5.16. The van der Waals surface area contributed by atoms with Gasteiger partial charge in [-0.2, -0.15) is 0 Å². The molecular formula is C23H16F3N3O2. The summed E-state index contributed by atoms with van der Waals surface area (Å²) in [5.41, 5.74) is 2.22. The lowest BCUT2D eigenvalue weighted by molar-refractivity contribution is -0.274. The number of alkyl halides is 3. The Labute approximate surface area is 175 Å². The van der Waals surface area contributed by atoms with Gasteiger partial charge < -0.3 is 10.1 Å². The number of para-hydroxylation sites is 1. The van der Waals surface area contributed by atoms with Gasteiger partial charge in [0.15, 0.2) is 0 Å². The predicted molar refractivity (Wildman–Crippen MR) is 110 cm³/mol. The Morgan fingerprint density at radius 1 is 0.968 bits per heavy atom. The van der Waals surface area contributed by atoms with Crippen molar-refractivity contribution in [3.63, 3.8) is 0 Å². The lowest BCUT2D eigenvalue weighted by Crippen LogP contribution is -2.17. The van der Waals surface area contributed by atoms with Crippen molar-refractivity contribution < 1.29 is 22.7 Å². The van der Waals surface area contributed by atoms with Crippen LogP contribution in [0.5, 0.6) is 5.75 Å². The highest BCUT2D eigenvalue weighted by atomic mass is 19.4. The van der Waals surface area contributed by atoms with E-state index in [1.165, 1.54) is 18.2 Å². The van der Waals surface area contributed by atoms with Gasteiger partial charge in [0.05, 0.1) is 17.6 Å². The van der Waals surface area contributed by atoms with Gasteiger partial charge in [-0.15, -0.1) is 13.2 Å². The Morgan fingerprint density at radius 2 is 1.81 bits per heavy atom. The number of hydrogen-bond donors (Lipinski definition) is 1. The molecule has 4 rings (SSSR count). The molecule has 0 spiro atoms. The van der Waals surface area contributed by atoms with E-state index in [1.54, 1.807) is 42.6 Å². The summed E-state index contributed by atoms with van der Waals surface area (Å²) in [5, 5.41) is 3.54. The van der Waals surface area contributed by atoms with Crippen molar-refractivity contribution in [1.82, 2.24) is 9.97 Å². The van der Waals surface area contributed by atoms with E-state index in [0.717, 1.165) is 5.39 Å². The fourth-order valence-electron chi connectivity index (χ4n) is 3.16. The number of hydrogen-bond acceptors (Lipinski definition) is 4. The number of benzene rings is 2. The van der Waals surface area contributed by atoms with Crippen LogP contribution in [-0.2, 0) is 11.2 Å². The Morgan fingerprint density at radius 3 is 2.58 bits per heavy atom. The molecule has 0 saturated carbocycles. The smallest absolute Gasteiger partial charge is 0.406 e. The number of carbonyl (C=O) groups is 1. The summed E-state index contributed by atoms with van der Waals surface area (Å²) in [7, 11) is 0. The first-order valence-corrected chi connectivity index (χ1v) is 9.33. The maximum atomic E-state index is 12.5. The van der Waals surface area contributed by atoms with Gasteiger partial charge in [0.1, 0.15) is 11.6 Å². The third-order valence-corrected chi connectivity index (χ3v) is 4.45. The van der Waals surface area contributed by atoms with Gasteiger partial charge in [-0.1, -0.05) is 42.5 Å². The average molecular weight is 423 g/mol. The molecule has 0 aliphatic heterocycles. The second kappa shape index (κ2) is 8.43. The van der Waals surface area contributed by atoms with Crippen LogP contribution in [0.3, 0.4) is 0 Å². The fourth-order valence-corrected chi connectivity index (χ4v) is 3.16. The molecule has 8 heteroatoms. The molecule has 156 valence electrons. The van der Waals surface area contributed by atoms with E-state index in [9.17, 15) is 18.0 Å². The standard InChI is InChI=1S/C23H16F3N3O2/c24-23(25,26)31-18-8-4-6-16(13-18)19-11-10-15-5-3-7-17(22(15)28-19)14-21(30)29-20-9-1-2-12-27-20/h1-13H,14H2,(H,27,29,30). The molecule has 1 N–H and O–H groups in total. The van der Waals surface area contributed by atoms with Gasteiger partial charge in [0.25, 0.3) is 0 Å². The highest BCUT2D eigenvalue weighted by molar-refractivity contribution is 5.95. The summed E-state index contributed by atoms with van der Waals surface area (Å²) in [4.78, 5) is 21.1. The van der Waals surface area contributed by atoms with Gasteiger partial charge in [0.2, 0.25) is 5.91 Å². The number of aromatic nitrogens is 2. The predicted octanol–water partition coefficient (Wildman–Crippen LogP) is 5.38. The third-order valence-electron chi connectivity index (χ3n) is 4.45. The summed E-state index contributed by atoms with van der Waals surface area (Å²) in [6.45, 7) is 0. The van der Waals surface area contributed by atoms with Gasteiger partial charge in [-0.05, 0) is 35.9 Å². The van der Waals surface area contributed by atoms with E-state index >= 15 is 0 Å². The largest absolute Gasteiger partial charge is 0.573 e. The first-order valence-electron chi connectivity index (χ1n) is 9.33. The average Bonchev–Trinajstić information content (AvgIpc) is 2.73. The maximum Gasteiger partial charge on any atom is 0.573 e. The summed E-state index contributed by atoms with van der Waals surface area (Å²) >= 11 is 0. The molecule has 5 nitrogen and oxygen atoms in total. The Hall–Kier alpha value is -3.94. The molecule has 0 fully saturated rings. The maximum absolute atomic E-state index is 12.5. The normalized spacial score (nSPS) is 11.3. The first kappa shape index (κ1) is 20.3. The Bertz CT molecular complexity index is 1230. The molecule has 0 saturated heterocycles. The van der Waals surface area contributed by atoms with Crippen LogP contribution >= 0.6 is 0 Å². The van der Waals surface area contributed by atoms with Crippen molar-refractivity contribution in [2.45, 2.75) is 12.8 Å². The minimum atomic E-state index is -4.77. The summed E-state index contributed by atoms with van der Waals surface area (Å²) in [5.74, 6) is -0.128. The zero-order valence-corrected chi connectivity index (χ0v) is 16.1. The number of rotatable bonds is 5. The summed E-state index contributed by atoms with van der Waals surface area (Å²) in [6.07, 6.45) is -3.12. The molecule has 0 atom stereocenters.